The molecule has 0 aliphatic rings. The zero-order chi connectivity index (χ0) is 15.9. The molecule has 0 radical (unpaired) electrons. The summed E-state index contributed by atoms with van der Waals surface area (Å²) in [5, 5.41) is 0.346. The minimum absolute atomic E-state index is 0.0438. The molecule has 3 nitrogen and oxygen atoms in total. The second-order valence-corrected chi connectivity index (χ2v) is 8.63. The van der Waals surface area contributed by atoms with Crippen molar-refractivity contribution in [2.75, 3.05) is 0 Å². The number of hydrogen-bond donors (Lipinski definition) is 1. The minimum atomic E-state index is -3.76. The van der Waals surface area contributed by atoms with Crippen molar-refractivity contribution in [2.45, 2.75) is 57.9 Å². The Hall–Kier alpha value is -0.290. The molecule has 1 rings (SSSR count). The van der Waals surface area contributed by atoms with Crippen molar-refractivity contribution in [1.29, 1.82) is 0 Å². The van der Waals surface area contributed by atoms with Crippen LogP contribution in [0.15, 0.2) is 11.0 Å². The molecule has 0 aliphatic carbocycles. The molecule has 0 amide bonds. The summed E-state index contributed by atoms with van der Waals surface area (Å²) in [6.07, 6.45) is 0. The van der Waals surface area contributed by atoms with Crippen LogP contribution in [0.2, 0.25) is 10.0 Å². The van der Waals surface area contributed by atoms with E-state index in [1.165, 1.54) is 0 Å². The van der Waals surface area contributed by atoms with Crippen LogP contribution in [0.1, 0.15) is 51.7 Å². The molecular formula is C14H21Cl2NO2S. The fraction of sp³-hybridized carbons (Fsp3) is 0.571. The van der Waals surface area contributed by atoms with Gasteiger partial charge in [-0.05, 0) is 50.8 Å². The van der Waals surface area contributed by atoms with E-state index in [-0.39, 0.29) is 20.9 Å². The van der Waals surface area contributed by atoms with Gasteiger partial charge >= 0.3 is 0 Å². The van der Waals surface area contributed by atoms with E-state index in [0.29, 0.717) is 0 Å². The smallest absolute Gasteiger partial charge is 0.207 e. The van der Waals surface area contributed by atoms with E-state index in [2.05, 4.69) is 4.72 Å². The molecule has 0 atom stereocenters. The van der Waals surface area contributed by atoms with Crippen molar-refractivity contribution in [1.82, 2.24) is 4.72 Å². The molecule has 0 bridgehead atoms. The van der Waals surface area contributed by atoms with Gasteiger partial charge in [0.15, 0.2) is 0 Å². The van der Waals surface area contributed by atoms with E-state index in [0.717, 1.165) is 11.1 Å². The monoisotopic (exact) mass is 337 g/mol. The van der Waals surface area contributed by atoms with Gasteiger partial charge in [0.25, 0.3) is 0 Å². The number of halogens is 2. The Bertz CT molecular complexity index is 617. The van der Waals surface area contributed by atoms with Crippen LogP contribution in [0.25, 0.3) is 0 Å². The predicted octanol–water partition coefficient (Wildman–Crippen LogP) is 4.50. The summed E-state index contributed by atoms with van der Waals surface area (Å²) in [5.41, 5.74) is 1.10. The lowest BCUT2D eigenvalue weighted by Gasteiger charge is -2.23. The zero-order valence-corrected chi connectivity index (χ0v) is 15.0. The summed E-state index contributed by atoms with van der Waals surface area (Å²) in [6, 6.07) is 1.69. The maximum Gasteiger partial charge on any atom is 0.244 e. The topological polar surface area (TPSA) is 46.2 Å². The molecule has 0 heterocycles. The van der Waals surface area contributed by atoms with E-state index in [1.807, 2.05) is 20.8 Å². The second-order valence-electron chi connectivity index (χ2n) is 6.23. The molecule has 20 heavy (non-hydrogen) atoms. The highest BCUT2D eigenvalue weighted by Crippen LogP contribution is 2.37. The van der Waals surface area contributed by atoms with Crippen LogP contribution in [0.5, 0.6) is 0 Å². The Kier molecular flexibility index (Phi) is 5.18. The molecule has 0 saturated carbocycles. The van der Waals surface area contributed by atoms with Gasteiger partial charge in [0.2, 0.25) is 10.0 Å². The van der Waals surface area contributed by atoms with Crippen LogP contribution in [0.3, 0.4) is 0 Å². The van der Waals surface area contributed by atoms with Gasteiger partial charge in [-0.1, -0.05) is 37.0 Å². The molecule has 0 aromatic heterocycles. The molecule has 1 N–H and O–H groups in total. The fourth-order valence-corrected chi connectivity index (χ4v) is 4.71. The van der Waals surface area contributed by atoms with Crippen molar-refractivity contribution in [3.8, 4) is 0 Å². The Morgan fingerprint density at radius 1 is 1.20 bits per heavy atom. The Labute approximate surface area is 131 Å². The molecule has 0 fully saturated rings. The summed E-state index contributed by atoms with van der Waals surface area (Å²) >= 11 is 12.4. The number of benzene rings is 1. The highest BCUT2D eigenvalue weighted by atomic mass is 35.5. The lowest BCUT2D eigenvalue weighted by Crippen LogP contribution is -2.40. The number of nitrogens with one attached hydrogen (secondary N) is 1. The minimum Gasteiger partial charge on any atom is -0.207 e. The number of sulfonamides is 1. The highest BCUT2D eigenvalue weighted by Gasteiger charge is 2.28. The molecule has 1 aromatic rings. The van der Waals surface area contributed by atoms with Crippen molar-refractivity contribution in [3.63, 3.8) is 0 Å². The molecule has 1 aromatic carbocycles. The van der Waals surface area contributed by atoms with Crippen LogP contribution < -0.4 is 4.72 Å². The first kappa shape index (κ1) is 17.8. The first-order chi connectivity index (χ1) is 8.87. The van der Waals surface area contributed by atoms with Crippen LogP contribution in [-0.4, -0.2) is 14.0 Å². The molecule has 114 valence electrons. The summed E-state index contributed by atoms with van der Waals surface area (Å²) in [4.78, 5) is -0.0438. The van der Waals surface area contributed by atoms with Crippen LogP contribution >= 0.6 is 23.2 Å². The average molecular weight is 338 g/mol. The van der Waals surface area contributed by atoms with Crippen LogP contribution in [0.4, 0.5) is 0 Å². The summed E-state index contributed by atoms with van der Waals surface area (Å²) < 4.78 is 27.5. The maximum absolute atomic E-state index is 12.4. The average Bonchev–Trinajstić information content (AvgIpc) is 2.18. The van der Waals surface area contributed by atoms with Crippen molar-refractivity contribution in [3.05, 3.63) is 27.2 Å². The molecule has 0 saturated heterocycles. The Morgan fingerprint density at radius 2 is 1.70 bits per heavy atom. The third kappa shape index (κ3) is 3.88. The highest BCUT2D eigenvalue weighted by molar-refractivity contribution is 7.89. The Balaban J connectivity index is 3.52. The van der Waals surface area contributed by atoms with Gasteiger partial charge in [-0.3, -0.25) is 0 Å². The normalized spacial score (nSPS) is 13.1. The first-order valence-electron chi connectivity index (χ1n) is 6.39. The van der Waals surface area contributed by atoms with Gasteiger partial charge in [0.05, 0.1) is 10.0 Å². The SMILES string of the molecule is Cc1c(C(C)C)cc(Cl)c(S(=O)(=O)NC(C)(C)C)c1Cl. The first-order valence-corrected chi connectivity index (χ1v) is 8.63. The van der Waals surface area contributed by atoms with Gasteiger partial charge in [-0.15, -0.1) is 0 Å². The van der Waals surface area contributed by atoms with Gasteiger partial charge in [-0.25, -0.2) is 13.1 Å². The predicted molar refractivity (Wildman–Crippen MR) is 85.4 cm³/mol. The lowest BCUT2D eigenvalue weighted by molar-refractivity contribution is 0.491. The van der Waals surface area contributed by atoms with Crippen molar-refractivity contribution < 1.29 is 8.42 Å². The number of hydrogen-bond acceptors (Lipinski definition) is 2. The largest absolute Gasteiger partial charge is 0.244 e. The van der Waals surface area contributed by atoms with Crippen LogP contribution in [0, 0.1) is 6.92 Å². The molecule has 0 spiro atoms. The third-order valence-corrected chi connectivity index (χ3v) is 5.63. The standard InChI is InChI=1S/C14H21Cl2NO2S/c1-8(2)10-7-11(15)13(12(16)9(10)3)20(18,19)17-14(4,5)6/h7-8,17H,1-6H3. The molecular weight excluding hydrogens is 317 g/mol. The third-order valence-electron chi connectivity index (χ3n) is 2.79. The fourth-order valence-electron chi connectivity index (χ4n) is 2.01. The van der Waals surface area contributed by atoms with E-state index >= 15 is 0 Å². The summed E-state index contributed by atoms with van der Waals surface area (Å²) in [5.74, 6) is 0.220. The molecule has 6 heteroatoms. The van der Waals surface area contributed by atoms with Crippen LogP contribution in [-0.2, 0) is 10.0 Å². The van der Waals surface area contributed by atoms with E-state index < -0.39 is 15.6 Å². The van der Waals surface area contributed by atoms with Gasteiger partial charge in [0.1, 0.15) is 4.90 Å². The second kappa shape index (κ2) is 5.84. The molecule has 0 unspecified atom stereocenters. The van der Waals surface area contributed by atoms with Gasteiger partial charge in [-0.2, -0.15) is 0 Å². The van der Waals surface area contributed by atoms with E-state index in [1.54, 1.807) is 26.8 Å². The zero-order valence-electron chi connectivity index (χ0n) is 12.6. The lowest BCUT2D eigenvalue weighted by atomic mass is 9.98. The maximum atomic E-state index is 12.4. The van der Waals surface area contributed by atoms with E-state index in [9.17, 15) is 8.42 Å². The van der Waals surface area contributed by atoms with Gasteiger partial charge < -0.3 is 0 Å². The number of rotatable bonds is 3. The van der Waals surface area contributed by atoms with Gasteiger partial charge in [0, 0.05) is 5.54 Å². The van der Waals surface area contributed by atoms with Crippen molar-refractivity contribution >= 4 is 33.2 Å². The van der Waals surface area contributed by atoms with Crippen molar-refractivity contribution in [2.24, 2.45) is 0 Å². The Morgan fingerprint density at radius 3 is 2.10 bits per heavy atom. The summed E-state index contributed by atoms with van der Waals surface area (Å²) in [7, 11) is -3.76. The molecule has 0 aliphatic heterocycles. The quantitative estimate of drug-likeness (QED) is 0.882. The summed E-state index contributed by atoms with van der Waals surface area (Å²) in [6.45, 7) is 11.1. The van der Waals surface area contributed by atoms with E-state index in [4.69, 9.17) is 23.2 Å².